The summed E-state index contributed by atoms with van der Waals surface area (Å²) in [5, 5.41) is 8.55. The zero-order valence-corrected chi connectivity index (χ0v) is 12.5. The van der Waals surface area contributed by atoms with Crippen molar-refractivity contribution in [2.24, 2.45) is 0 Å². The van der Waals surface area contributed by atoms with E-state index in [1.165, 1.54) is 7.11 Å². The maximum Gasteiger partial charge on any atom is 0.165 e. The highest BCUT2D eigenvalue weighted by Crippen LogP contribution is 2.19. The third kappa shape index (κ3) is 4.69. The molecule has 1 saturated heterocycles. The molecule has 1 heterocycles. The number of methoxy groups -OCH3 is 1. The number of unbranched alkanes of at least 4 members (excludes halogenated alkanes) is 1. The molecule has 0 aromatic heterocycles. The molecule has 0 amide bonds. The molecule has 0 saturated carbocycles. The summed E-state index contributed by atoms with van der Waals surface area (Å²) in [6.07, 6.45) is 1.57. The Labute approximate surface area is 125 Å². The Balaban J connectivity index is 1.78. The van der Waals surface area contributed by atoms with Gasteiger partial charge in [-0.25, -0.2) is 4.39 Å². The number of hydrogen-bond donors (Lipinski definition) is 0. The van der Waals surface area contributed by atoms with Gasteiger partial charge in [0.15, 0.2) is 11.6 Å². The molecule has 4 nitrogen and oxygen atoms in total. The number of nitriles is 1. The van der Waals surface area contributed by atoms with E-state index in [4.69, 9.17) is 10.00 Å². The van der Waals surface area contributed by atoms with Gasteiger partial charge in [0, 0.05) is 39.1 Å². The number of piperazine rings is 1. The van der Waals surface area contributed by atoms with Crippen LogP contribution in [0.15, 0.2) is 18.2 Å². The quantitative estimate of drug-likeness (QED) is 0.754. The van der Waals surface area contributed by atoms with Crippen LogP contribution < -0.4 is 4.74 Å². The van der Waals surface area contributed by atoms with Gasteiger partial charge in [0.1, 0.15) is 0 Å². The molecular weight excluding hydrogens is 269 g/mol. The van der Waals surface area contributed by atoms with Gasteiger partial charge < -0.3 is 9.64 Å². The van der Waals surface area contributed by atoms with Gasteiger partial charge in [-0.3, -0.25) is 4.90 Å². The van der Waals surface area contributed by atoms with E-state index in [0.717, 1.165) is 51.3 Å². The summed E-state index contributed by atoms with van der Waals surface area (Å²) in [6.45, 7) is 5.78. The molecule has 114 valence electrons. The predicted octanol–water partition coefficient (Wildman–Crippen LogP) is 2.26. The zero-order chi connectivity index (χ0) is 15.1. The second-order valence-corrected chi connectivity index (χ2v) is 5.35. The fraction of sp³-hybridized carbons (Fsp3) is 0.562. The number of rotatable bonds is 6. The van der Waals surface area contributed by atoms with E-state index in [1.807, 2.05) is 6.07 Å². The van der Waals surface area contributed by atoms with Crippen LogP contribution in [-0.4, -0.2) is 49.6 Å². The average molecular weight is 291 g/mol. The Bertz CT molecular complexity index is 493. The maximum absolute atomic E-state index is 13.7. The molecule has 1 aromatic carbocycles. The van der Waals surface area contributed by atoms with Crippen molar-refractivity contribution in [2.45, 2.75) is 19.4 Å². The van der Waals surface area contributed by atoms with Crippen molar-refractivity contribution in [1.82, 2.24) is 9.80 Å². The van der Waals surface area contributed by atoms with Crippen LogP contribution in [-0.2, 0) is 6.54 Å². The summed E-state index contributed by atoms with van der Waals surface area (Å²) in [5.41, 5.74) is 0.978. The standard InChI is InChI=1S/C16H22FN3O/c1-21-16-5-4-14(12-15(16)17)13-20-10-8-19(9-11-20)7-3-2-6-18/h4-5,12H,2-3,7-11,13H2,1H3. The highest BCUT2D eigenvalue weighted by molar-refractivity contribution is 5.29. The van der Waals surface area contributed by atoms with E-state index in [1.54, 1.807) is 12.1 Å². The van der Waals surface area contributed by atoms with E-state index in [0.29, 0.717) is 12.2 Å². The first-order chi connectivity index (χ1) is 10.2. The number of nitrogens with zero attached hydrogens (tertiary/aromatic N) is 3. The van der Waals surface area contributed by atoms with E-state index in [9.17, 15) is 4.39 Å². The normalized spacial score (nSPS) is 16.6. The maximum atomic E-state index is 13.7. The summed E-state index contributed by atoms with van der Waals surface area (Å²) in [7, 11) is 1.48. The van der Waals surface area contributed by atoms with Crippen molar-refractivity contribution < 1.29 is 9.13 Å². The highest BCUT2D eigenvalue weighted by Gasteiger charge is 2.17. The van der Waals surface area contributed by atoms with Crippen LogP contribution in [0.4, 0.5) is 4.39 Å². The van der Waals surface area contributed by atoms with Crippen molar-refractivity contribution in [3.05, 3.63) is 29.6 Å². The number of ether oxygens (including phenoxy) is 1. The summed E-state index contributed by atoms with van der Waals surface area (Å²) < 4.78 is 18.6. The Morgan fingerprint density at radius 1 is 1.24 bits per heavy atom. The third-order valence-electron chi connectivity index (χ3n) is 3.85. The van der Waals surface area contributed by atoms with Gasteiger partial charge in [-0.1, -0.05) is 6.07 Å². The van der Waals surface area contributed by atoms with E-state index < -0.39 is 0 Å². The first-order valence-electron chi connectivity index (χ1n) is 7.37. The Morgan fingerprint density at radius 3 is 2.57 bits per heavy atom. The van der Waals surface area contributed by atoms with Crippen LogP contribution in [0.2, 0.25) is 0 Å². The number of halogens is 1. The van der Waals surface area contributed by atoms with Crippen LogP contribution in [0.3, 0.4) is 0 Å². The molecule has 21 heavy (non-hydrogen) atoms. The lowest BCUT2D eigenvalue weighted by atomic mass is 10.1. The van der Waals surface area contributed by atoms with Gasteiger partial charge in [-0.15, -0.1) is 0 Å². The average Bonchev–Trinajstić information content (AvgIpc) is 2.49. The predicted molar refractivity (Wildman–Crippen MR) is 79.5 cm³/mol. The fourth-order valence-electron chi connectivity index (χ4n) is 2.62. The molecule has 1 aliphatic heterocycles. The molecule has 0 atom stereocenters. The van der Waals surface area contributed by atoms with Crippen molar-refractivity contribution in [3.63, 3.8) is 0 Å². The van der Waals surface area contributed by atoms with Crippen molar-refractivity contribution >= 4 is 0 Å². The van der Waals surface area contributed by atoms with Crippen LogP contribution in [0.1, 0.15) is 18.4 Å². The van der Waals surface area contributed by atoms with Crippen molar-refractivity contribution in [2.75, 3.05) is 39.8 Å². The molecule has 0 N–H and O–H groups in total. The van der Waals surface area contributed by atoms with Gasteiger partial charge in [0.25, 0.3) is 0 Å². The van der Waals surface area contributed by atoms with Crippen molar-refractivity contribution in [1.29, 1.82) is 5.26 Å². The Hall–Kier alpha value is -1.64. The SMILES string of the molecule is COc1ccc(CN2CCN(CCCC#N)CC2)cc1F. The van der Waals surface area contributed by atoms with E-state index in [-0.39, 0.29) is 5.82 Å². The summed E-state index contributed by atoms with van der Waals surface area (Å²) in [6, 6.07) is 7.34. The lowest BCUT2D eigenvalue weighted by Gasteiger charge is -2.34. The summed E-state index contributed by atoms with van der Waals surface area (Å²) in [4.78, 5) is 4.73. The highest BCUT2D eigenvalue weighted by atomic mass is 19.1. The summed E-state index contributed by atoms with van der Waals surface area (Å²) in [5.74, 6) is -0.00815. The Kier molecular flexibility index (Phi) is 5.97. The molecule has 0 spiro atoms. The molecule has 1 fully saturated rings. The minimum atomic E-state index is -0.301. The molecule has 0 unspecified atom stereocenters. The number of hydrogen-bond acceptors (Lipinski definition) is 4. The molecule has 0 aliphatic carbocycles. The second-order valence-electron chi connectivity index (χ2n) is 5.35. The minimum absolute atomic E-state index is 0.293. The smallest absolute Gasteiger partial charge is 0.165 e. The first kappa shape index (κ1) is 15.7. The molecular formula is C16H22FN3O. The molecule has 2 rings (SSSR count). The zero-order valence-electron chi connectivity index (χ0n) is 12.5. The lowest BCUT2D eigenvalue weighted by Crippen LogP contribution is -2.46. The van der Waals surface area contributed by atoms with Gasteiger partial charge in [-0.05, 0) is 30.7 Å². The molecule has 5 heteroatoms. The van der Waals surface area contributed by atoms with Crippen LogP contribution in [0.25, 0.3) is 0 Å². The van der Waals surface area contributed by atoms with Gasteiger partial charge in [0.2, 0.25) is 0 Å². The molecule has 0 bridgehead atoms. The van der Waals surface area contributed by atoms with Crippen LogP contribution >= 0.6 is 0 Å². The minimum Gasteiger partial charge on any atom is -0.494 e. The molecule has 1 aliphatic rings. The second kappa shape index (κ2) is 7.96. The third-order valence-corrected chi connectivity index (χ3v) is 3.85. The van der Waals surface area contributed by atoms with Crippen molar-refractivity contribution in [3.8, 4) is 11.8 Å². The number of benzene rings is 1. The fourth-order valence-corrected chi connectivity index (χ4v) is 2.62. The van der Waals surface area contributed by atoms with Crippen LogP contribution in [0.5, 0.6) is 5.75 Å². The molecule has 1 aromatic rings. The first-order valence-corrected chi connectivity index (χ1v) is 7.37. The van der Waals surface area contributed by atoms with E-state index >= 15 is 0 Å². The molecule has 0 radical (unpaired) electrons. The lowest BCUT2D eigenvalue weighted by molar-refractivity contribution is 0.126. The topological polar surface area (TPSA) is 39.5 Å². The summed E-state index contributed by atoms with van der Waals surface area (Å²) >= 11 is 0. The Morgan fingerprint density at radius 2 is 1.95 bits per heavy atom. The van der Waals surface area contributed by atoms with Gasteiger partial charge >= 0.3 is 0 Å². The van der Waals surface area contributed by atoms with Gasteiger partial charge in [0.05, 0.1) is 13.2 Å². The van der Waals surface area contributed by atoms with Gasteiger partial charge in [-0.2, -0.15) is 5.26 Å². The van der Waals surface area contributed by atoms with E-state index in [2.05, 4.69) is 15.9 Å². The monoisotopic (exact) mass is 291 g/mol. The van der Waals surface area contributed by atoms with Crippen LogP contribution in [0, 0.1) is 17.1 Å². The largest absolute Gasteiger partial charge is 0.494 e.